The normalized spacial score (nSPS) is 10.4. The molecule has 1 heterocycles. The third-order valence-electron chi connectivity index (χ3n) is 2.45. The van der Waals surface area contributed by atoms with Crippen LogP contribution in [-0.2, 0) is 6.42 Å². The summed E-state index contributed by atoms with van der Waals surface area (Å²) in [6, 6.07) is 4.71. The van der Waals surface area contributed by atoms with E-state index in [0.29, 0.717) is 23.5 Å². The standard InChI is InChI=1S/C11H12N4O3S/c1-18-10-7(3-2-4-8(10)15(16)17)11-14-13-9(19-11)5-6-12/h2-4H,5-6,12H2,1H3. The molecular weight excluding hydrogens is 268 g/mol. The van der Waals surface area contributed by atoms with Gasteiger partial charge >= 0.3 is 5.69 Å². The quantitative estimate of drug-likeness (QED) is 0.659. The molecule has 2 N–H and O–H groups in total. The number of hydrogen-bond acceptors (Lipinski definition) is 7. The summed E-state index contributed by atoms with van der Waals surface area (Å²) in [5.41, 5.74) is 5.93. The topological polar surface area (TPSA) is 104 Å². The molecule has 0 aliphatic rings. The minimum absolute atomic E-state index is 0.0874. The highest BCUT2D eigenvalue weighted by atomic mass is 32.1. The molecule has 2 aromatic rings. The average molecular weight is 280 g/mol. The zero-order valence-corrected chi connectivity index (χ0v) is 11.0. The van der Waals surface area contributed by atoms with Crippen LogP contribution in [0.5, 0.6) is 5.75 Å². The number of benzene rings is 1. The van der Waals surface area contributed by atoms with Crippen molar-refractivity contribution < 1.29 is 9.66 Å². The van der Waals surface area contributed by atoms with Crippen molar-refractivity contribution in [2.24, 2.45) is 5.73 Å². The molecule has 0 unspecified atom stereocenters. The van der Waals surface area contributed by atoms with E-state index >= 15 is 0 Å². The third-order valence-corrected chi connectivity index (χ3v) is 3.47. The molecule has 19 heavy (non-hydrogen) atoms. The SMILES string of the molecule is COc1c(-c2nnc(CCN)s2)cccc1[N+](=O)[O-]. The minimum atomic E-state index is -0.482. The number of nitro groups is 1. The van der Waals surface area contributed by atoms with Crippen molar-refractivity contribution in [3.05, 3.63) is 33.3 Å². The first-order valence-electron chi connectivity index (χ1n) is 5.51. The molecule has 1 aromatic heterocycles. The fourth-order valence-corrected chi connectivity index (χ4v) is 2.52. The molecule has 100 valence electrons. The van der Waals surface area contributed by atoms with Crippen molar-refractivity contribution in [2.45, 2.75) is 6.42 Å². The van der Waals surface area contributed by atoms with Crippen molar-refractivity contribution >= 4 is 17.0 Å². The highest BCUT2D eigenvalue weighted by Crippen LogP contribution is 2.38. The van der Waals surface area contributed by atoms with Gasteiger partial charge in [0.05, 0.1) is 17.6 Å². The van der Waals surface area contributed by atoms with E-state index in [4.69, 9.17) is 10.5 Å². The molecule has 0 spiro atoms. The lowest BCUT2D eigenvalue weighted by atomic mass is 10.2. The van der Waals surface area contributed by atoms with Crippen LogP contribution in [0.2, 0.25) is 0 Å². The number of aromatic nitrogens is 2. The predicted molar refractivity (Wildman–Crippen MR) is 71.3 cm³/mol. The summed E-state index contributed by atoms with van der Waals surface area (Å²) in [4.78, 5) is 10.5. The van der Waals surface area contributed by atoms with Gasteiger partial charge in [0, 0.05) is 12.5 Å². The van der Waals surface area contributed by atoms with Gasteiger partial charge in [0.25, 0.3) is 0 Å². The predicted octanol–water partition coefficient (Wildman–Crippen LogP) is 1.62. The maximum Gasteiger partial charge on any atom is 0.311 e. The summed E-state index contributed by atoms with van der Waals surface area (Å²) in [6.07, 6.45) is 0.634. The molecule has 1 aromatic carbocycles. The van der Waals surface area contributed by atoms with Gasteiger partial charge in [-0.2, -0.15) is 0 Å². The summed E-state index contributed by atoms with van der Waals surface area (Å²) in [5.74, 6) is 0.197. The molecule has 0 saturated carbocycles. The molecule has 0 saturated heterocycles. The Morgan fingerprint density at radius 2 is 2.26 bits per heavy atom. The second-order valence-electron chi connectivity index (χ2n) is 3.65. The van der Waals surface area contributed by atoms with E-state index in [1.807, 2.05) is 0 Å². The summed E-state index contributed by atoms with van der Waals surface area (Å²) < 4.78 is 5.13. The first kappa shape index (κ1) is 13.4. The molecule has 7 nitrogen and oxygen atoms in total. The number of methoxy groups -OCH3 is 1. The van der Waals surface area contributed by atoms with Crippen molar-refractivity contribution in [2.75, 3.05) is 13.7 Å². The van der Waals surface area contributed by atoms with Crippen molar-refractivity contribution in [1.29, 1.82) is 0 Å². The number of ether oxygens (including phenoxy) is 1. The maximum atomic E-state index is 10.9. The first-order chi connectivity index (χ1) is 9.17. The van der Waals surface area contributed by atoms with Crippen LogP contribution in [0.1, 0.15) is 5.01 Å². The zero-order valence-electron chi connectivity index (χ0n) is 10.2. The van der Waals surface area contributed by atoms with Gasteiger partial charge < -0.3 is 10.5 Å². The molecule has 0 aliphatic heterocycles. The van der Waals surface area contributed by atoms with Gasteiger partial charge in [-0.15, -0.1) is 10.2 Å². The molecule has 2 rings (SSSR count). The molecule has 0 atom stereocenters. The zero-order chi connectivity index (χ0) is 13.8. The summed E-state index contributed by atoms with van der Waals surface area (Å²) in [7, 11) is 1.40. The van der Waals surface area contributed by atoms with E-state index in [1.54, 1.807) is 12.1 Å². The largest absolute Gasteiger partial charge is 0.490 e. The second-order valence-corrected chi connectivity index (χ2v) is 4.72. The minimum Gasteiger partial charge on any atom is -0.490 e. The van der Waals surface area contributed by atoms with E-state index in [-0.39, 0.29) is 11.4 Å². The Morgan fingerprint density at radius 1 is 1.47 bits per heavy atom. The van der Waals surface area contributed by atoms with Crippen molar-refractivity contribution in [3.63, 3.8) is 0 Å². The van der Waals surface area contributed by atoms with Gasteiger partial charge in [0.2, 0.25) is 5.75 Å². The van der Waals surface area contributed by atoms with Crippen LogP contribution in [-0.4, -0.2) is 28.8 Å². The van der Waals surface area contributed by atoms with Gasteiger partial charge in [0.1, 0.15) is 5.01 Å². The van der Waals surface area contributed by atoms with E-state index < -0.39 is 4.92 Å². The average Bonchev–Trinajstić information content (AvgIpc) is 2.86. The van der Waals surface area contributed by atoms with Crippen molar-refractivity contribution in [1.82, 2.24) is 10.2 Å². The lowest BCUT2D eigenvalue weighted by Gasteiger charge is -2.05. The number of hydrogen-bond donors (Lipinski definition) is 1. The molecule has 0 fully saturated rings. The molecule has 8 heteroatoms. The lowest BCUT2D eigenvalue weighted by molar-refractivity contribution is -0.385. The Kier molecular flexibility index (Phi) is 4.03. The highest BCUT2D eigenvalue weighted by Gasteiger charge is 2.21. The van der Waals surface area contributed by atoms with E-state index in [2.05, 4.69) is 10.2 Å². The van der Waals surface area contributed by atoms with Crippen LogP contribution in [0.3, 0.4) is 0 Å². The van der Waals surface area contributed by atoms with E-state index in [1.165, 1.54) is 24.5 Å². The first-order valence-corrected chi connectivity index (χ1v) is 6.33. The number of nitro benzene ring substituents is 1. The second kappa shape index (κ2) is 5.72. The fraction of sp³-hybridized carbons (Fsp3) is 0.273. The van der Waals surface area contributed by atoms with Crippen LogP contribution < -0.4 is 10.5 Å². The van der Waals surface area contributed by atoms with Gasteiger partial charge in [-0.05, 0) is 12.6 Å². The number of rotatable bonds is 5. The van der Waals surface area contributed by atoms with Crippen LogP contribution in [0.25, 0.3) is 10.6 Å². The van der Waals surface area contributed by atoms with Crippen LogP contribution in [0.4, 0.5) is 5.69 Å². The number of nitrogens with two attached hydrogens (primary N) is 1. The summed E-state index contributed by atoms with van der Waals surface area (Å²) in [5, 5.41) is 20.4. The Hall–Kier alpha value is -2.06. The Labute approximate surface area is 113 Å². The van der Waals surface area contributed by atoms with Gasteiger partial charge in [-0.3, -0.25) is 10.1 Å². The van der Waals surface area contributed by atoms with Gasteiger partial charge in [-0.25, -0.2) is 0 Å². The number of para-hydroxylation sites is 1. The molecule has 0 amide bonds. The Morgan fingerprint density at radius 3 is 2.89 bits per heavy atom. The lowest BCUT2D eigenvalue weighted by Crippen LogP contribution is -2.01. The summed E-state index contributed by atoms with van der Waals surface area (Å²) >= 11 is 1.36. The van der Waals surface area contributed by atoms with Gasteiger partial charge in [0.15, 0.2) is 5.01 Å². The fourth-order valence-electron chi connectivity index (χ4n) is 1.64. The maximum absolute atomic E-state index is 10.9. The smallest absolute Gasteiger partial charge is 0.311 e. The van der Waals surface area contributed by atoms with E-state index in [9.17, 15) is 10.1 Å². The van der Waals surface area contributed by atoms with Crippen LogP contribution in [0.15, 0.2) is 18.2 Å². The van der Waals surface area contributed by atoms with Crippen molar-refractivity contribution in [3.8, 4) is 16.3 Å². The highest BCUT2D eigenvalue weighted by molar-refractivity contribution is 7.14. The monoisotopic (exact) mass is 280 g/mol. The Balaban J connectivity index is 2.48. The molecule has 0 bridgehead atoms. The van der Waals surface area contributed by atoms with E-state index in [0.717, 1.165) is 5.01 Å². The summed E-state index contributed by atoms with van der Waals surface area (Å²) in [6.45, 7) is 0.487. The van der Waals surface area contributed by atoms with Crippen LogP contribution >= 0.6 is 11.3 Å². The Bertz CT molecular complexity index is 599. The number of nitrogens with zero attached hydrogens (tertiary/aromatic N) is 3. The third kappa shape index (κ3) is 2.69. The van der Waals surface area contributed by atoms with Crippen LogP contribution in [0, 0.1) is 10.1 Å². The molecular formula is C11H12N4O3S. The molecule has 0 aliphatic carbocycles. The van der Waals surface area contributed by atoms with Gasteiger partial charge in [-0.1, -0.05) is 17.4 Å². The molecule has 0 radical (unpaired) electrons.